The summed E-state index contributed by atoms with van der Waals surface area (Å²) in [5.41, 5.74) is -2.16. The molecule has 0 heterocycles. The van der Waals surface area contributed by atoms with E-state index in [1.807, 2.05) is 0 Å². The molecule has 0 saturated heterocycles. The summed E-state index contributed by atoms with van der Waals surface area (Å²) < 4.78 is 283. The minimum atomic E-state index is -3.80. The molecule has 0 aromatic heterocycles. The highest BCUT2D eigenvalue weighted by Crippen LogP contribution is 2.49. The third kappa shape index (κ3) is 5.20. The molecule has 22 heteroatoms. The van der Waals surface area contributed by atoms with Gasteiger partial charge >= 0.3 is 7.32 Å². The fourth-order valence-electron chi connectivity index (χ4n) is 5.84. The van der Waals surface area contributed by atoms with Gasteiger partial charge in [0.25, 0.3) is 0 Å². The van der Waals surface area contributed by atoms with E-state index in [4.69, 9.17) is 9.31 Å². The molecule has 288 valence electrons. The van der Waals surface area contributed by atoms with Gasteiger partial charge in [0, 0.05) is 10.8 Å². The van der Waals surface area contributed by atoms with Crippen LogP contribution in [0.5, 0.6) is 17.2 Å². The van der Waals surface area contributed by atoms with Gasteiger partial charge in [-0.1, -0.05) is 30.3 Å². The highest BCUT2D eigenvalue weighted by molar-refractivity contribution is 6.40. The molecule has 0 spiro atoms. The van der Waals surface area contributed by atoms with Crippen molar-refractivity contribution >= 4 is 39.6 Å². The SMILES string of the molecule is Fc1c(F)c(F)c(OB(Oc2c(F)c(F)c(F)c(F)c2-c2ccccc2)Oc2c(F)c(F)c3c(F)c(F)c4c(F)c(F)c(F)c5c(F)c(F)c2c3c45)c(F)c1F. The third-order valence-electron chi connectivity index (χ3n) is 8.27. The fourth-order valence-corrected chi connectivity index (χ4v) is 5.84. The summed E-state index contributed by atoms with van der Waals surface area (Å²) in [5, 5.41) is -11.8. The van der Waals surface area contributed by atoms with Crippen molar-refractivity contribution in [1.82, 2.24) is 0 Å². The fraction of sp³-hybridized carbons (Fsp3) is 0. The lowest BCUT2D eigenvalue weighted by molar-refractivity contribution is 0.266. The summed E-state index contributed by atoms with van der Waals surface area (Å²) in [4.78, 5) is 0. The second kappa shape index (κ2) is 13.2. The van der Waals surface area contributed by atoms with Crippen LogP contribution in [0.1, 0.15) is 0 Å². The van der Waals surface area contributed by atoms with Gasteiger partial charge in [0.2, 0.25) is 46.5 Å². The van der Waals surface area contributed by atoms with E-state index in [2.05, 4.69) is 4.65 Å². The first kappa shape index (κ1) is 38.1. The first-order valence-electron chi connectivity index (χ1n) is 14.6. The Hall–Kier alpha value is -6.22. The summed E-state index contributed by atoms with van der Waals surface area (Å²) >= 11 is 0. The van der Waals surface area contributed by atoms with E-state index in [0.717, 1.165) is 24.3 Å². The van der Waals surface area contributed by atoms with Crippen LogP contribution in [0, 0.1) is 105 Å². The van der Waals surface area contributed by atoms with E-state index in [1.165, 1.54) is 6.07 Å². The van der Waals surface area contributed by atoms with Crippen LogP contribution in [0.15, 0.2) is 30.3 Å². The van der Waals surface area contributed by atoms with Crippen molar-refractivity contribution in [3.8, 4) is 28.4 Å². The maximum absolute atomic E-state index is 15.9. The van der Waals surface area contributed by atoms with E-state index in [9.17, 15) is 43.9 Å². The Bertz CT molecular complexity index is 2780. The summed E-state index contributed by atoms with van der Waals surface area (Å²) in [6.45, 7) is 0. The van der Waals surface area contributed by atoms with Crippen molar-refractivity contribution in [2.45, 2.75) is 0 Å². The molecule has 0 aliphatic rings. The minimum absolute atomic E-state index is 0.658. The summed E-state index contributed by atoms with van der Waals surface area (Å²) in [7, 11) is -3.80. The van der Waals surface area contributed by atoms with E-state index in [-0.39, 0.29) is 0 Å². The number of hydrogen-bond donors (Lipinski definition) is 0. The highest BCUT2D eigenvalue weighted by Gasteiger charge is 2.43. The van der Waals surface area contributed by atoms with Crippen LogP contribution in [0.4, 0.5) is 79.0 Å². The van der Waals surface area contributed by atoms with Gasteiger partial charge in [-0.15, -0.1) is 0 Å². The topological polar surface area (TPSA) is 27.7 Å². The quantitative estimate of drug-likeness (QED) is 0.0527. The van der Waals surface area contributed by atoms with Gasteiger partial charge in [0.05, 0.1) is 27.1 Å². The zero-order valence-electron chi connectivity index (χ0n) is 26.0. The molecule has 0 atom stereocenters. The zero-order valence-corrected chi connectivity index (χ0v) is 26.0. The molecule has 0 amide bonds. The molecule has 0 fully saturated rings. The Morgan fingerprint density at radius 1 is 0.268 bits per heavy atom. The summed E-state index contributed by atoms with van der Waals surface area (Å²) in [6, 6.07) is 5.07. The van der Waals surface area contributed by atoms with E-state index in [0.29, 0.717) is 0 Å². The third-order valence-corrected chi connectivity index (χ3v) is 8.27. The van der Waals surface area contributed by atoms with Crippen LogP contribution < -0.4 is 14.0 Å². The van der Waals surface area contributed by atoms with Crippen LogP contribution in [-0.4, -0.2) is 7.32 Å². The zero-order chi connectivity index (χ0) is 41.0. The molecule has 3 nitrogen and oxygen atoms in total. The molecule has 7 rings (SSSR count). The molecule has 7 aromatic rings. The number of benzene rings is 7. The normalized spacial score (nSPS) is 11.8. The van der Waals surface area contributed by atoms with Gasteiger partial charge in [-0.05, 0) is 5.56 Å². The van der Waals surface area contributed by atoms with Gasteiger partial charge in [-0.2, -0.15) is 17.6 Å². The van der Waals surface area contributed by atoms with Gasteiger partial charge in [-0.25, -0.2) is 61.5 Å². The van der Waals surface area contributed by atoms with Gasteiger partial charge in [0.15, 0.2) is 75.4 Å². The number of rotatable bonds is 7. The second-order valence-electron chi connectivity index (χ2n) is 11.3. The maximum atomic E-state index is 15.9. The number of hydrogen-bond acceptors (Lipinski definition) is 3. The lowest BCUT2D eigenvalue weighted by Gasteiger charge is -2.23. The second-order valence-corrected chi connectivity index (χ2v) is 11.3. The molecule has 0 N–H and O–H groups in total. The summed E-state index contributed by atoms with van der Waals surface area (Å²) in [5.74, 6) is -55.8. The molecular weight excluding hydrogens is 809 g/mol. The molecule has 0 bridgehead atoms. The number of halogens is 18. The van der Waals surface area contributed by atoms with Gasteiger partial charge < -0.3 is 14.0 Å². The Kier molecular flexibility index (Phi) is 8.99. The average Bonchev–Trinajstić information content (AvgIpc) is 3.18. The van der Waals surface area contributed by atoms with Crippen LogP contribution in [0.25, 0.3) is 43.4 Å². The van der Waals surface area contributed by atoms with Crippen LogP contribution in [0.3, 0.4) is 0 Å². The van der Waals surface area contributed by atoms with Crippen molar-refractivity contribution in [2.24, 2.45) is 0 Å². The largest absolute Gasteiger partial charge is 0.864 e. The molecule has 0 radical (unpaired) electrons. The van der Waals surface area contributed by atoms with Crippen molar-refractivity contribution < 1.29 is 93.0 Å². The van der Waals surface area contributed by atoms with Crippen LogP contribution in [0.2, 0.25) is 0 Å². The molecule has 0 saturated carbocycles. The Balaban J connectivity index is 1.57. The van der Waals surface area contributed by atoms with E-state index >= 15 is 35.1 Å². The Labute approximate surface area is 296 Å². The smallest absolute Gasteiger partial charge is 0.486 e. The molecule has 7 aromatic carbocycles. The van der Waals surface area contributed by atoms with E-state index < -0.39 is 173 Å². The Morgan fingerprint density at radius 3 is 1.07 bits per heavy atom. The molecule has 0 aliphatic carbocycles. The molecular formula is C34H5BF18O3. The van der Waals surface area contributed by atoms with Crippen molar-refractivity contribution in [2.75, 3.05) is 0 Å². The predicted molar refractivity (Wildman–Crippen MR) is 155 cm³/mol. The standard InChI is InChI=1S/C34H5BF18O3/c36-14-7(6-4-2-1-3-5-6)32(29(51)25(47)23(14)45)54-35(56-34-30(52)26(48)24(46)27(49)31(34)53)55-33-13-9-8-10(15(37)16(38)12(9)20(42)28(33)50)18(40)22(44)19(41)11(8)17(39)21(13)43/h1-5H. The summed E-state index contributed by atoms with van der Waals surface area (Å²) in [6.07, 6.45) is 0. The molecule has 0 unspecified atom stereocenters. The van der Waals surface area contributed by atoms with Crippen molar-refractivity contribution in [3.05, 3.63) is 135 Å². The van der Waals surface area contributed by atoms with Gasteiger partial charge in [0.1, 0.15) is 0 Å². The van der Waals surface area contributed by atoms with Crippen LogP contribution >= 0.6 is 0 Å². The van der Waals surface area contributed by atoms with E-state index in [1.54, 1.807) is 0 Å². The average molecular weight is 814 g/mol. The molecule has 0 aliphatic heterocycles. The predicted octanol–water partition coefficient (Wildman–Crippen LogP) is 11.3. The van der Waals surface area contributed by atoms with Crippen LogP contribution in [-0.2, 0) is 0 Å². The first-order valence-corrected chi connectivity index (χ1v) is 14.6. The lowest BCUT2D eigenvalue weighted by Crippen LogP contribution is -2.39. The monoisotopic (exact) mass is 814 g/mol. The Morgan fingerprint density at radius 2 is 0.571 bits per heavy atom. The minimum Gasteiger partial charge on any atom is -0.486 e. The lowest BCUT2D eigenvalue weighted by atomic mass is 9.90. The van der Waals surface area contributed by atoms with Gasteiger partial charge in [-0.3, -0.25) is 0 Å². The van der Waals surface area contributed by atoms with Crippen molar-refractivity contribution in [3.63, 3.8) is 0 Å². The molecule has 56 heavy (non-hydrogen) atoms. The van der Waals surface area contributed by atoms with Crippen molar-refractivity contribution in [1.29, 1.82) is 0 Å². The first-order chi connectivity index (χ1) is 26.3. The maximum Gasteiger partial charge on any atom is 0.864 e. The highest BCUT2D eigenvalue weighted by atomic mass is 19.2.